The number of sulfone groups is 1. The van der Waals surface area contributed by atoms with Crippen molar-refractivity contribution in [2.24, 2.45) is 0 Å². The summed E-state index contributed by atoms with van der Waals surface area (Å²) in [6, 6.07) is 6.16. The Hall–Kier alpha value is -1.69. The molecule has 2 aromatic rings. The lowest BCUT2D eigenvalue weighted by atomic mass is 10.2. The van der Waals surface area contributed by atoms with E-state index in [4.69, 9.17) is 0 Å². The zero-order valence-corrected chi connectivity index (χ0v) is 12.9. The first-order valence-corrected chi connectivity index (χ1v) is 9.33. The molecule has 0 amide bonds. The van der Waals surface area contributed by atoms with Gasteiger partial charge in [0, 0.05) is 5.69 Å². The van der Waals surface area contributed by atoms with Crippen molar-refractivity contribution in [3.63, 3.8) is 0 Å². The number of hydrogen-bond acceptors (Lipinski definition) is 3. The second-order valence-corrected chi connectivity index (χ2v) is 8.40. The van der Waals surface area contributed by atoms with Crippen LogP contribution < -0.4 is 0 Å². The fourth-order valence-corrected chi connectivity index (χ4v) is 4.86. The molecule has 1 heterocycles. The van der Waals surface area contributed by atoms with Crippen LogP contribution in [0.2, 0.25) is 0 Å². The predicted octanol–water partition coefficient (Wildman–Crippen LogP) is 2.58. The van der Waals surface area contributed by atoms with E-state index in [0.29, 0.717) is 5.69 Å². The van der Waals surface area contributed by atoms with Crippen LogP contribution in [0.1, 0.15) is 36.2 Å². The Kier molecular flexibility index (Phi) is 3.11. The van der Waals surface area contributed by atoms with Crippen LogP contribution in [0.25, 0.3) is 5.69 Å². The molecule has 0 N–H and O–H groups in total. The minimum Gasteiger partial charge on any atom is -0.237 e. The van der Waals surface area contributed by atoms with Crippen LogP contribution in [0, 0.1) is 5.82 Å². The average molecular weight is 320 g/mol. The molecule has 0 spiro atoms. The fourth-order valence-electron chi connectivity index (χ4n) is 3.16. The lowest BCUT2D eigenvalue weighted by Gasteiger charge is -2.05. The quantitative estimate of drug-likeness (QED) is 0.870. The third-order valence-electron chi connectivity index (χ3n) is 4.45. The van der Waals surface area contributed by atoms with E-state index in [1.165, 1.54) is 12.1 Å². The molecule has 116 valence electrons. The van der Waals surface area contributed by atoms with Crippen molar-refractivity contribution in [3.8, 4) is 5.69 Å². The van der Waals surface area contributed by atoms with Gasteiger partial charge in [-0.25, -0.2) is 17.5 Å². The standard InChI is InChI=1S/C16H17FN2O2S/c17-11-4-6-12(7-5-11)19-16-3-1-2-14(16)15(18-19)10-22(20,21)13-8-9-13/h4-7,13H,1-3,8-10H2. The van der Waals surface area contributed by atoms with Gasteiger partial charge in [0.2, 0.25) is 0 Å². The SMILES string of the molecule is O=S(=O)(Cc1nn(-c2ccc(F)cc2)c2c1CCC2)C1CC1. The number of halogens is 1. The average Bonchev–Trinajstić information content (AvgIpc) is 3.15. The maximum Gasteiger partial charge on any atom is 0.158 e. The topological polar surface area (TPSA) is 52.0 Å². The van der Waals surface area contributed by atoms with Crippen molar-refractivity contribution in [3.05, 3.63) is 47.0 Å². The van der Waals surface area contributed by atoms with Crippen LogP contribution in [-0.2, 0) is 28.4 Å². The molecule has 0 saturated heterocycles. The molecule has 4 nitrogen and oxygen atoms in total. The molecule has 1 aromatic heterocycles. The minimum absolute atomic E-state index is 0.0359. The Bertz CT molecular complexity index is 821. The molecule has 0 unspecified atom stereocenters. The number of aromatic nitrogens is 2. The van der Waals surface area contributed by atoms with Crippen LogP contribution in [0.15, 0.2) is 24.3 Å². The zero-order chi connectivity index (χ0) is 15.3. The molecule has 0 radical (unpaired) electrons. The molecule has 2 aliphatic carbocycles. The molecule has 0 bridgehead atoms. The fraction of sp³-hybridized carbons (Fsp3) is 0.438. The number of nitrogens with zero attached hydrogens (tertiary/aromatic N) is 2. The molecule has 0 atom stereocenters. The normalized spacial score (nSPS) is 17.7. The van der Waals surface area contributed by atoms with E-state index in [9.17, 15) is 12.8 Å². The number of rotatable bonds is 4. The van der Waals surface area contributed by atoms with Crippen LogP contribution in [0.3, 0.4) is 0 Å². The van der Waals surface area contributed by atoms with Crippen molar-refractivity contribution in [2.45, 2.75) is 43.1 Å². The molecule has 4 rings (SSSR count). The van der Waals surface area contributed by atoms with E-state index in [1.807, 2.05) is 0 Å². The lowest BCUT2D eigenvalue weighted by molar-refractivity contribution is 0.592. The summed E-state index contributed by atoms with van der Waals surface area (Å²) in [5.41, 5.74) is 3.62. The smallest absolute Gasteiger partial charge is 0.158 e. The molecule has 0 aliphatic heterocycles. The Morgan fingerprint density at radius 1 is 1.18 bits per heavy atom. The molecule has 6 heteroatoms. The first-order valence-electron chi connectivity index (χ1n) is 7.62. The van der Waals surface area contributed by atoms with Gasteiger partial charge in [-0.1, -0.05) is 0 Å². The Labute approximate surface area is 128 Å². The molecule has 2 aliphatic rings. The van der Waals surface area contributed by atoms with E-state index in [2.05, 4.69) is 5.10 Å². The highest BCUT2D eigenvalue weighted by Gasteiger charge is 2.37. The van der Waals surface area contributed by atoms with Crippen LogP contribution in [0.4, 0.5) is 4.39 Å². The van der Waals surface area contributed by atoms with Gasteiger partial charge < -0.3 is 0 Å². The van der Waals surface area contributed by atoms with Gasteiger partial charge >= 0.3 is 0 Å². The van der Waals surface area contributed by atoms with E-state index in [0.717, 1.165) is 49.0 Å². The van der Waals surface area contributed by atoms with E-state index >= 15 is 0 Å². The van der Waals surface area contributed by atoms with Crippen LogP contribution in [-0.4, -0.2) is 23.4 Å². The van der Waals surface area contributed by atoms with Gasteiger partial charge in [-0.3, -0.25) is 0 Å². The molecule has 22 heavy (non-hydrogen) atoms. The van der Waals surface area contributed by atoms with Crippen molar-refractivity contribution >= 4 is 9.84 Å². The molecule has 1 saturated carbocycles. The molecule has 1 aromatic carbocycles. The molecular formula is C16H17FN2O2S. The third kappa shape index (κ3) is 2.35. The van der Waals surface area contributed by atoms with Gasteiger partial charge in [0.05, 0.1) is 22.4 Å². The Morgan fingerprint density at radius 3 is 2.59 bits per heavy atom. The number of benzene rings is 1. The predicted molar refractivity (Wildman–Crippen MR) is 81.2 cm³/mol. The van der Waals surface area contributed by atoms with Gasteiger partial charge in [-0.2, -0.15) is 5.10 Å². The van der Waals surface area contributed by atoms with Gasteiger partial charge in [-0.05, 0) is 61.9 Å². The molecule has 1 fully saturated rings. The highest BCUT2D eigenvalue weighted by Crippen LogP contribution is 2.34. The van der Waals surface area contributed by atoms with Gasteiger partial charge in [-0.15, -0.1) is 0 Å². The van der Waals surface area contributed by atoms with Crippen LogP contribution >= 0.6 is 0 Å². The van der Waals surface area contributed by atoms with Crippen molar-refractivity contribution < 1.29 is 12.8 Å². The summed E-state index contributed by atoms with van der Waals surface area (Å²) in [4.78, 5) is 0. The second-order valence-electron chi connectivity index (χ2n) is 6.12. The van der Waals surface area contributed by atoms with Gasteiger partial charge in [0.25, 0.3) is 0 Å². The van der Waals surface area contributed by atoms with Crippen molar-refractivity contribution in [1.82, 2.24) is 9.78 Å². The zero-order valence-electron chi connectivity index (χ0n) is 12.1. The van der Waals surface area contributed by atoms with Gasteiger partial charge in [0.1, 0.15) is 5.82 Å². The van der Waals surface area contributed by atoms with E-state index in [1.54, 1.807) is 16.8 Å². The number of fused-ring (bicyclic) bond motifs is 1. The highest BCUT2D eigenvalue weighted by molar-refractivity contribution is 7.91. The first kappa shape index (κ1) is 13.9. The second kappa shape index (κ2) is 4.91. The summed E-state index contributed by atoms with van der Waals surface area (Å²) in [5, 5.41) is 4.38. The Morgan fingerprint density at radius 2 is 1.91 bits per heavy atom. The molecular weight excluding hydrogens is 303 g/mol. The highest BCUT2D eigenvalue weighted by atomic mass is 32.2. The van der Waals surface area contributed by atoms with Gasteiger partial charge in [0.15, 0.2) is 9.84 Å². The summed E-state index contributed by atoms with van der Waals surface area (Å²) < 4.78 is 39.4. The van der Waals surface area contributed by atoms with Crippen molar-refractivity contribution in [2.75, 3.05) is 0 Å². The monoisotopic (exact) mass is 320 g/mol. The third-order valence-corrected chi connectivity index (χ3v) is 6.62. The first-order chi connectivity index (χ1) is 10.5. The van der Waals surface area contributed by atoms with E-state index < -0.39 is 9.84 Å². The summed E-state index contributed by atoms with van der Waals surface area (Å²) >= 11 is 0. The Balaban J connectivity index is 1.75. The van der Waals surface area contributed by atoms with Crippen LogP contribution in [0.5, 0.6) is 0 Å². The summed E-state index contributed by atoms with van der Waals surface area (Å²) in [7, 11) is -3.07. The van der Waals surface area contributed by atoms with Crippen molar-refractivity contribution in [1.29, 1.82) is 0 Å². The summed E-state index contributed by atoms with van der Waals surface area (Å²) in [6.45, 7) is 0. The number of hydrogen-bond donors (Lipinski definition) is 0. The summed E-state index contributed by atoms with van der Waals surface area (Å²) in [6.07, 6.45) is 4.35. The lowest BCUT2D eigenvalue weighted by Crippen LogP contribution is -2.11. The minimum atomic E-state index is -3.07. The maximum absolute atomic E-state index is 13.1. The summed E-state index contributed by atoms with van der Waals surface area (Å²) in [5.74, 6) is -0.252. The maximum atomic E-state index is 13.1. The van der Waals surface area contributed by atoms with E-state index in [-0.39, 0.29) is 16.8 Å². The largest absolute Gasteiger partial charge is 0.237 e.